The summed E-state index contributed by atoms with van der Waals surface area (Å²) in [5, 5.41) is 3.33. The second kappa shape index (κ2) is 5.34. The third kappa shape index (κ3) is 3.27. The molecule has 68 valence electrons. The summed E-state index contributed by atoms with van der Waals surface area (Å²) in [6, 6.07) is 4.36. The van der Waals surface area contributed by atoms with Crippen LogP contribution in [0, 0.1) is 12.3 Å². The second-order valence-electron chi connectivity index (χ2n) is 2.91. The lowest BCUT2D eigenvalue weighted by Gasteiger charge is -2.12. The molecule has 0 aliphatic carbocycles. The van der Waals surface area contributed by atoms with Gasteiger partial charge in [-0.05, 0) is 24.6 Å². The number of terminal acetylenes is 1. The monoisotopic (exact) mass is 174 g/mol. The van der Waals surface area contributed by atoms with Crippen LogP contribution in [0.1, 0.15) is 24.9 Å². The number of hydrogen-bond acceptors (Lipinski definition) is 2. The molecule has 0 aliphatic rings. The molecule has 0 saturated heterocycles. The van der Waals surface area contributed by atoms with Crippen LogP contribution in [0.25, 0.3) is 0 Å². The number of aromatic nitrogens is 1. The van der Waals surface area contributed by atoms with Crippen LogP contribution in [0.5, 0.6) is 0 Å². The lowest BCUT2D eigenvalue weighted by Crippen LogP contribution is -2.19. The zero-order valence-corrected chi connectivity index (χ0v) is 7.83. The number of nitrogens with one attached hydrogen (secondary N) is 1. The molecule has 0 aliphatic heterocycles. The Hall–Kier alpha value is -1.33. The van der Waals surface area contributed by atoms with Crippen LogP contribution in [-0.2, 0) is 0 Å². The van der Waals surface area contributed by atoms with Gasteiger partial charge in [-0.2, -0.15) is 0 Å². The largest absolute Gasteiger partial charge is 0.309 e. The maximum Gasteiger partial charge on any atom is 0.0293 e. The van der Waals surface area contributed by atoms with Gasteiger partial charge < -0.3 is 5.32 Å². The van der Waals surface area contributed by atoms with Crippen molar-refractivity contribution in [2.24, 2.45) is 0 Å². The van der Waals surface area contributed by atoms with E-state index in [0.717, 1.165) is 13.0 Å². The maximum atomic E-state index is 5.15. The van der Waals surface area contributed by atoms with E-state index in [1.165, 1.54) is 5.56 Å². The minimum absolute atomic E-state index is 0.344. The lowest BCUT2D eigenvalue weighted by molar-refractivity contribution is 0.583. The average Bonchev–Trinajstić information content (AvgIpc) is 2.19. The van der Waals surface area contributed by atoms with Gasteiger partial charge in [-0.25, -0.2) is 0 Å². The summed E-state index contributed by atoms with van der Waals surface area (Å²) in [5.74, 6) is 2.60. The van der Waals surface area contributed by atoms with Crippen LogP contribution in [0.15, 0.2) is 24.5 Å². The fourth-order valence-corrected chi connectivity index (χ4v) is 1.13. The molecule has 0 saturated carbocycles. The third-order valence-corrected chi connectivity index (χ3v) is 1.93. The van der Waals surface area contributed by atoms with Gasteiger partial charge in [-0.3, -0.25) is 4.98 Å². The van der Waals surface area contributed by atoms with Crippen LogP contribution in [-0.4, -0.2) is 11.5 Å². The zero-order valence-electron chi connectivity index (χ0n) is 7.83. The van der Waals surface area contributed by atoms with Crippen LogP contribution in [0.3, 0.4) is 0 Å². The van der Waals surface area contributed by atoms with E-state index < -0.39 is 0 Å². The molecule has 0 bridgehead atoms. The van der Waals surface area contributed by atoms with Crippen LogP contribution >= 0.6 is 0 Å². The molecule has 1 aromatic heterocycles. The molecule has 2 nitrogen and oxygen atoms in total. The van der Waals surface area contributed by atoms with Gasteiger partial charge in [0, 0.05) is 31.4 Å². The first-order valence-electron chi connectivity index (χ1n) is 4.41. The lowest BCUT2D eigenvalue weighted by atomic mass is 10.1. The highest BCUT2D eigenvalue weighted by molar-refractivity contribution is 5.13. The molecule has 1 heterocycles. The summed E-state index contributed by atoms with van der Waals surface area (Å²) in [6.45, 7) is 2.98. The average molecular weight is 174 g/mol. The fraction of sp³-hybridized carbons (Fsp3) is 0.364. The molecule has 0 aromatic carbocycles. The number of pyridine rings is 1. The van der Waals surface area contributed by atoms with Crippen molar-refractivity contribution >= 4 is 0 Å². The van der Waals surface area contributed by atoms with E-state index in [1.54, 1.807) is 12.4 Å². The highest BCUT2D eigenvalue weighted by Gasteiger charge is 2.01. The SMILES string of the molecule is C#CCCNC(C)c1ccncc1. The Labute approximate surface area is 79.4 Å². The van der Waals surface area contributed by atoms with E-state index in [0.29, 0.717) is 6.04 Å². The van der Waals surface area contributed by atoms with E-state index >= 15 is 0 Å². The first kappa shape index (κ1) is 9.76. The van der Waals surface area contributed by atoms with Crippen molar-refractivity contribution in [3.8, 4) is 12.3 Å². The topological polar surface area (TPSA) is 24.9 Å². The summed E-state index contributed by atoms with van der Waals surface area (Å²) < 4.78 is 0. The highest BCUT2D eigenvalue weighted by atomic mass is 14.9. The van der Waals surface area contributed by atoms with Gasteiger partial charge in [0.05, 0.1) is 0 Å². The molecule has 1 rings (SSSR count). The number of hydrogen-bond donors (Lipinski definition) is 1. The molecule has 0 amide bonds. The van der Waals surface area contributed by atoms with E-state index in [4.69, 9.17) is 6.42 Å². The molecule has 0 radical (unpaired) electrons. The minimum atomic E-state index is 0.344. The van der Waals surface area contributed by atoms with E-state index in [-0.39, 0.29) is 0 Å². The predicted octanol–water partition coefficient (Wildman–Crippen LogP) is 1.76. The molecule has 1 N–H and O–H groups in total. The Morgan fingerprint density at radius 2 is 2.23 bits per heavy atom. The Bertz CT molecular complexity index is 274. The summed E-state index contributed by atoms with van der Waals surface area (Å²) >= 11 is 0. The number of nitrogens with zero attached hydrogens (tertiary/aromatic N) is 1. The molecule has 2 heteroatoms. The molecule has 0 spiro atoms. The van der Waals surface area contributed by atoms with Crippen molar-refractivity contribution in [2.75, 3.05) is 6.54 Å². The highest BCUT2D eigenvalue weighted by Crippen LogP contribution is 2.09. The van der Waals surface area contributed by atoms with Gasteiger partial charge in [0.25, 0.3) is 0 Å². The second-order valence-corrected chi connectivity index (χ2v) is 2.91. The van der Waals surface area contributed by atoms with E-state index in [2.05, 4.69) is 23.1 Å². The van der Waals surface area contributed by atoms with Gasteiger partial charge in [0.2, 0.25) is 0 Å². The third-order valence-electron chi connectivity index (χ3n) is 1.93. The zero-order chi connectivity index (χ0) is 9.52. The smallest absolute Gasteiger partial charge is 0.0293 e. The summed E-state index contributed by atoms with van der Waals surface area (Å²) in [6.07, 6.45) is 9.53. The van der Waals surface area contributed by atoms with Crippen molar-refractivity contribution in [3.05, 3.63) is 30.1 Å². The molecule has 0 fully saturated rings. The predicted molar refractivity (Wildman–Crippen MR) is 54.1 cm³/mol. The van der Waals surface area contributed by atoms with Crippen molar-refractivity contribution in [2.45, 2.75) is 19.4 Å². The van der Waals surface area contributed by atoms with E-state index in [9.17, 15) is 0 Å². The Balaban J connectivity index is 2.41. The van der Waals surface area contributed by atoms with Gasteiger partial charge in [0.15, 0.2) is 0 Å². The van der Waals surface area contributed by atoms with Crippen LogP contribution in [0.2, 0.25) is 0 Å². The first-order valence-corrected chi connectivity index (χ1v) is 4.41. The standard InChI is InChI=1S/C11H14N2/c1-3-4-7-13-10(2)11-5-8-12-9-6-11/h1,5-6,8-10,13H,4,7H2,2H3. The Morgan fingerprint density at radius 1 is 1.54 bits per heavy atom. The van der Waals surface area contributed by atoms with Crippen molar-refractivity contribution in [1.29, 1.82) is 0 Å². The van der Waals surface area contributed by atoms with Crippen molar-refractivity contribution in [1.82, 2.24) is 10.3 Å². The molecule has 1 atom stereocenters. The van der Waals surface area contributed by atoms with Crippen molar-refractivity contribution < 1.29 is 0 Å². The number of rotatable bonds is 4. The molecular formula is C11H14N2. The normalized spacial score (nSPS) is 12.0. The van der Waals surface area contributed by atoms with Gasteiger partial charge in [-0.15, -0.1) is 12.3 Å². The minimum Gasteiger partial charge on any atom is -0.309 e. The summed E-state index contributed by atoms with van der Waals surface area (Å²) in [4.78, 5) is 3.96. The molecular weight excluding hydrogens is 160 g/mol. The van der Waals surface area contributed by atoms with E-state index in [1.807, 2.05) is 12.1 Å². The molecule has 13 heavy (non-hydrogen) atoms. The van der Waals surface area contributed by atoms with Gasteiger partial charge in [-0.1, -0.05) is 0 Å². The first-order chi connectivity index (χ1) is 6.34. The maximum absolute atomic E-state index is 5.15. The van der Waals surface area contributed by atoms with Crippen LogP contribution < -0.4 is 5.32 Å². The molecule has 1 unspecified atom stereocenters. The Kier molecular flexibility index (Phi) is 4.01. The van der Waals surface area contributed by atoms with Crippen LogP contribution in [0.4, 0.5) is 0 Å². The Morgan fingerprint density at radius 3 is 2.85 bits per heavy atom. The molecule has 1 aromatic rings. The van der Waals surface area contributed by atoms with Crippen molar-refractivity contribution in [3.63, 3.8) is 0 Å². The summed E-state index contributed by atoms with van der Waals surface area (Å²) in [5.41, 5.74) is 1.24. The van der Waals surface area contributed by atoms with Gasteiger partial charge in [0.1, 0.15) is 0 Å². The fourth-order valence-electron chi connectivity index (χ4n) is 1.13. The van der Waals surface area contributed by atoms with Gasteiger partial charge >= 0.3 is 0 Å². The quantitative estimate of drug-likeness (QED) is 0.555. The summed E-state index contributed by atoms with van der Waals surface area (Å²) in [7, 11) is 0.